The molecule has 5 heteroatoms. The minimum atomic E-state index is -1.03. The molecule has 0 aliphatic carbocycles. The molecule has 0 heterocycles. The number of aliphatic carboxylic acids is 1. The number of carboxylic acids is 1. The number of rotatable bonds is 7. The fourth-order valence-electron chi connectivity index (χ4n) is 1.43. The van der Waals surface area contributed by atoms with Crippen molar-refractivity contribution in [1.82, 2.24) is 10.6 Å². The highest BCUT2D eigenvalue weighted by atomic mass is 16.4. The highest BCUT2D eigenvalue weighted by molar-refractivity contribution is 5.82. The standard InChI is InChI=1S/C12H24N2O3/c1-8(2)6-5-7-9(3)13-12(17)14-10(4)11(15)16/h8-10H,5-7H2,1-4H3,(H,15,16)(H2,13,14,17)/t9-,10+/m1/s1. The maximum Gasteiger partial charge on any atom is 0.325 e. The largest absolute Gasteiger partial charge is 0.480 e. The van der Waals surface area contributed by atoms with E-state index >= 15 is 0 Å². The van der Waals surface area contributed by atoms with Crippen LogP contribution in [0.25, 0.3) is 0 Å². The van der Waals surface area contributed by atoms with Gasteiger partial charge >= 0.3 is 12.0 Å². The molecule has 0 rings (SSSR count). The fraction of sp³-hybridized carbons (Fsp3) is 0.833. The van der Waals surface area contributed by atoms with Crippen molar-refractivity contribution in [2.45, 2.75) is 59.0 Å². The number of hydrogen-bond acceptors (Lipinski definition) is 2. The summed E-state index contributed by atoms with van der Waals surface area (Å²) in [6.07, 6.45) is 3.11. The van der Waals surface area contributed by atoms with Crippen LogP contribution < -0.4 is 10.6 Å². The van der Waals surface area contributed by atoms with Crippen molar-refractivity contribution < 1.29 is 14.7 Å². The molecule has 100 valence electrons. The third kappa shape index (κ3) is 8.54. The molecule has 0 fully saturated rings. The summed E-state index contributed by atoms with van der Waals surface area (Å²) in [6, 6.07) is -1.22. The molecular formula is C12H24N2O3. The van der Waals surface area contributed by atoms with Crippen molar-refractivity contribution in [3.05, 3.63) is 0 Å². The van der Waals surface area contributed by atoms with Crippen molar-refractivity contribution in [1.29, 1.82) is 0 Å². The van der Waals surface area contributed by atoms with Crippen LogP contribution >= 0.6 is 0 Å². The van der Waals surface area contributed by atoms with Crippen LogP contribution in [-0.4, -0.2) is 29.2 Å². The molecule has 3 N–H and O–H groups in total. The van der Waals surface area contributed by atoms with Gasteiger partial charge in [0.15, 0.2) is 0 Å². The Morgan fingerprint density at radius 3 is 2.12 bits per heavy atom. The average molecular weight is 244 g/mol. The summed E-state index contributed by atoms with van der Waals surface area (Å²) in [5.74, 6) is -0.365. The molecule has 0 aromatic rings. The second-order valence-electron chi connectivity index (χ2n) is 4.90. The van der Waals surface area contributed by atoms with Crippen molar-refractivity contribution >= 4 is 12.0 Å². The van der Waals surface area contributed by atoms with Crippen LogP contribution in [0.2, 0.25) is 0 Å². The molecule has 0 saturated heterocycles. The monoisotopic (exact) mass is 244 g/mol. The van der Waals surface area contributed by atoms with E-state index in [1.807, 2.05) is 6.92 Å². The van der Waals surface area contributed by atoms with Crippen molar-refractivity contribution in [3.63, 3.8) is 0 Å². The lowest BCUT2D eigenvalue weighted by molar-refractivity contribution is -0.138. The smallest absolute Gasteiger partial charge is 0.325 e. The number of carbonyl (C=O) groups excluding carboxylic acids is 1. The van der Waals surface area contributed by atoms with Crippen LogP contribution in [0, 0.1) is 5.92 Å². The summed E-state index contributed by atoms with van der Waals surface area (Å²) in [5, 5.41) is 13.7. The van der Waals surface area contributed by atoms with Gasteiger partial charge in [-0.2, -0.15) is 0 Å². The Bertz CT molecular complexity index is 254. The van der Waals surface area contributed by atoms with E-state index in [1.165, 1.54) is 6.92 Å². The van der Waals surface area contributed by atoms with Crippen LogP contribution in [0.3, 0.4) is 0 Å². The van der Waals surface area contributed by atoms with Gasteiger partial charge in [0, 0.05) is 6.04 Å². The molecule has 17 heavy (non-hydrogen) atoms. The van der Waals surface area contributed by atoms with Gasteiger partial charge in [-0.05, 0) is 26.2 Å². The van der Waals surface area contributed by atoms with Gasteiger partial charge in [-0.15, -0.1) is 0 Å². The molecule has 0 bridgehead atoms. The van der Waals surface area contributed by atoms with Gasteiger partial charge in [0.05, 0.1) is 0 Å². The molecule has 2 atom stereocenters. The van der Waals surface area contributed by atoms with E-state index in [1.54, 1.807) is 0 Å². The zero-order valence-electron chi connectivity index (χ0n) is 11.1. The molecule has 0 unspecified atom stereocenters. The van der Waals surface area contributed by atoms with Crippen LogP contribution in [0.15, 0.2) is 0 Å². The van der Waals surface area contributed by atoms with Gasteiger partial charge < -0.3 is 15.7 Å². The number of carbonyl (C=O) groups is 2. The Morgan fingerprint density at radius 2 is 1.65 bits per heavy atom. The molecule has 0 aliphatic heterocycles. The van der Waals surface area contributed by atoms with Crippen LogP contribution in [-0.2, 0) is 4.79 Å². The Balaban J connectivity index is 3.76. The molecule has 0 saturated carbocycles. The highest BCUT2D eigenvalue weighted by Crippen LogP contribution is 2.07. The van der Waals surface area contributed by atoms with Crippen LogP contribution in [0.1, 0.15) is 47.0 Å². The topological polar surface area (TPSA) is 78.4 Å². The lowest BCUT2D eigenvalue weighted by atomic mass is 10.0. The number of amides is 2. The minimum absolute atomic E-state index is 0.0646. The number of hydrogen-bond donors (Lipinski definition) is 3. The zero-order chi connectivity index (χ0) is 13.4. The van der Waals surface area contributed by atoms with E-state index in [0.29, 0.717) is 5.92 Å². The van der Waals surface area contributed by atoms with Gasteiger partial charge in [-0.3, -0.25) is 4.79 Å². The zero-order valence-corrected chi connectivity index (χ0v) is 11.1. The average Bonchev–Trinajstić information content (AvgIpc) is 2.16. The summed E-state index contributed by atoms with van der Waals surface area (Å²) in [5.41, 5.74) is 0. The summed E-state index contributed by atoms with van der Waals surface area (Å²) in [7, 11) is 0. The lowest BCUT2D eigenvalue weighted by Crippen LogP contribution is -2.47. The number of urea groups is 1. The first-order chi connectivity index (χ1) is 7.82. The van der Waals surface area contributed by atoms with Gasteiger partial charge in [0.1, 0.15) is 6.04 Å². The number of nitrogens with one attached hydrogen (secondary N) is 2. The number of carboxylic acid groups (broad SMARTS) is 1. The second-order valence-corrected chi connectivity index (χ2v) is 4.90. The molecular weight excluding hydrogens is 220 g/mol. The SMILES string of the molecule is CC(C)CCC[C@@H](C)NC(=O)N[C@@H](C)C(=O)O. The molecule has 0 aromatic heterocycles. The summed E-state index contributed by atoms with van der Waals surface area (Å²) in [4.78, 5) is 21.9. The molecule has 2 amide bonds. The van der Waals surface area contributed by atoms with E-state index in [9.17, 15) is 9.59 Å². The normalized spacial score (nSPS) is 14.2. The van der Waals surface area contributed by atoms with E-state index < -0.39 is 18.0 Å². The molecule has 0 aromatic carbocycles. The molecule has 5 nitrogen and oxygen atoms in total. The maximum absolute atomic E-state index is 11.4. The van der Waals surface area contributed by atoms with E-state index in [4.69, 9.17) is 5.11 Å². The Hall–Kier alpha value is -1.26. The van der Waals surface area contributed by atoms with Gasteiger partial charge in [-0.25, -0.2) is 4.79 Å². The van der Waals surface area contributed by atoms with E-state index in [0.717, 1.165) is 19.3 Å². The first-order valence-electron chi connectivity index (χ1n) is 6.12. The Morgan fingerprint density at radius 1 is 1.06 bits per heavy atom. The fourth-order valence-corrected chi connectivity index (χ4v) is 1.43. The maximum atomic E-state index is 11.4. The predicted molar refractivity (Wildman–Crippen MR) is 66.9 cm³/mol. The quantitative estimate of drug-likeness (QED) is 0.640. The Kier molecular flexibility index (Phi) is 7.34. The first kappa shape index (κ1) is 15.7. The van der Waals surface area contributed by atoms with E-state index in [-0.39, 0.29) is 6.04 Å². The van der Waals surface area contributed by atoms with Crippen molar-refractivity contribution in [3.8, 4) is 0 Å². The van der Waals surface area contributed by atoms with Crippen LogP contribution in [0.5, 0.6) is 0 Å². The third-order valence-electron chi connectivity index (χ3n) is 2.51. The van der Waals surface area contributed by atoms with Gasteiger partial charge in [0.2, 0.25) is 0 Å². The van der Waals surface area contributed by atoms with Crippen molar-refractivity contribution in [2.24, 2.45) is 5.92 Å². The lowest BCUT2D eigenvalue weighted by Gasteiger charge is -2.16. The Labute approximate surface area is 103 Å². The summed E-state index contributed by atoms with van der Waals surface area (Å²) in [6.45, 7) is 7.69. The molecule has 0 radical (unpaired) electrons. The summed E-state index contributed by atoms with van der Waals surface area (Å²) < 4.78 is 0. The minimum Gasteiger partial charge on any atom is -0.480 e. The highest BCUT2D eigenvalue weighted by Gasteiger charge is 2.14. The predicted octanol–water partition coefficient (Wildman–Crippen LogP) is 1.97. The second kappa shape index (κ2) is 7.92. The first-order valence-corrected chi connectivity index (χ1v) is 6.12. The van der Waals surface area contributed by atoms with Gasteiger partial charge in [-0.1, -0.05) is 26.7 Å². The molecule has 0 spiro atoms. The van der Waals surface area contributed by atoms with Gasteiger partial charge in [0.25, 0.3) is 0 Å². The van der Waals surface area contributed by atoms with Crippen LogP contribution in [0.4, 0.5) is 4.79 Å². The third-order valence-corrected chi connectivity index (χ3v) is 2.51. The van der Waals surface area contributed by atoms with E-state index in [2.05, 4.69) is 24.5 Å². The van der Waals surface area contributed by atoms with Crippen molar-refractivity contribution in [2.75, 3.05) is 0 Å². The summed E-state index contributed by atoms with van der Waals surface area (Å²) >= 11 is 0. The molecule has 0 aliphatic rings.